The van der Waals surface area contributed by atoms with Gasteiger partial charge in [0.05, 0.1) is 7.11 Å². The number of esters is 1. The highest BCUT2D eigenvalue weighted by molar-refractivity contribution is 7.89. The Labute approximate surface area is 107 Å². The Hall–Kier alpha value is -1.34. The van der Waals surface area contributed by atoms with Crippen LogP contribution in [0.4, 0.5) is 0 Å². The van der Waals surface area contributed by atoms with E-state index in [1.54, 1.807) is 14.0 Å². The van der Waals surface area contributed by atoms with Gasteiger partial charge in [-0.3, -0.25) is 0 Å². The Bertz CT molecular complexity index is 533. The van der Waals surface area contributed by atoms with Gasteiger partial charge in [-0.25, -0.2) is 17.9 Å². The van der Waals surface area contributed by atoms with Crippen molar-refractivity contribution < 1.29 is 17.9 Å². The number of carbonyl (C=O) groups is 1. The van der Waals surface area contributed by atoms with E-state index in [1.165, 1.54) is 23.9 Å². The van der Waals surface area contributed by atoms with E-state index in [1.807, 2.05) is 6.92 Å². The van der Waals surface area contributed by atoms with Crippen LogP contribution in [0.2, 0.25) is 0 Å². The third-order valence-electron chi connectivity index (χ3n) is 2.65. The summed E-state index contributed by atoms with van der Waals surface area (Å²) in [5.41, 5.74) is 0.196. The Morgan fingerprint density at radius 2 is 2.17 bits per heavy atom. The van der Waals surface area contributed by atoms with E-state index in [0.717, 1.165) is 0 Å². The van der Waals surface area contributed by atoms with Gasteiger partial charge in [-0.15, -0.1) is 0 Å². The fourth-order valence-electron chi connectivity index (χ4n) is 1.40. The lowest BCUT2D eigenvalue weighted by Gasteiger charge is -2.10. The summed E-state index contributed by atoms with van der Waals surface area (Å²) in [6, 6.07) is 1.15. The van der Waals surface area contributed by atoms with Gasteiger partial charge in [0, 0.05) is 19.3 Å². The highest BCUT2D eigenvalue weighted by Crippen LogP contribution is 2.14. The summed E-state index contributed by atoms with van der Waals surface area (Å²) in [7, 11) is -0.751. The Balaban J connectivity index is 3.08. The molecule has 18 heavy (non-hydrogen) atoms. The van der Waals surface area contributed by atoms with Gasteiger partial charge in [-0.05, 0) is 19.4 Å². The summed E-state index contributed by atoms with van der Waals surface area (Å²) in [4.78, 5) is 11.5. The highest BCUT2D eigenvalue weighted by atomic mass is 32.2. The van der Waals surface area contributed by atoms with Gasteiger partial charge < -0.3 is 9.30 Å². The fourth-order valence-corrected chi connectivity index (χ4v) is 2.80. The smallest absolute Gasteiger partial charge is 0.354 e. The van der Waals surface area contributed by atoms with Crippen molar-refractivity contribution in [1.29, 1.82) is 0 Å². The third-order valence-corrected chi connectivity index (χ3v) is 4.21. The van der Waals surface area contributed by atoms with Crippen molar-refractivity contribution in [2.75, 3.05) is 7.11 Å². The van der Waals surface area contributed by atoms with Crippen LogP contribution in [0.5, 0.6) is 0 Å². The first-order valence-electron chi connectivity index (χ1n) is 5.58. The number of rotatable bonds is 5. The zero-order valence-electron chi connectivity index (χ0n) is 10.9. The number of carbonyl (C=O) groups excluding carboxylic acids is 1. The second-order valence-electron chi connectivity index (χ2n) is 4.09. The van der Waals surface area contributed by atoms with Gasteiger partial charge in [-0.1, -0.05) is 6.92 Å². The molecule has 0 aromatic carbocycles. The number of nitrogens with one attached hydrogen (secondary N) is 1. The van der Waals surface area contributed by atoms with Crippen molar-refractivity contribution in [2.45, 2.75) is 31.2 Å². The third kappa shape index (κ3) is 3.11. The van der Waals surface area contributed by atoms with Crippen molar-refractivity contribution in [3.8, 4) is 0 Å². The first-order valence-corrected chi connectivity index (χ1v) is 7.07. The number of hydrogen-bond acceptors (Lipinski definition) is 4. The molecule has 0 spiro atoms. The van der Waals surface area contributed by atoms with Crippen LogP contribution in [0.15, 0.2) is 17.2 Å². The number of methoxy groups -OCH3 is 1. The standard InChI is InChI=1S/C11H18N2O4S/c1-5-8(2)12-18(15,16)9-6-10(11(14)17-4)13(3)7-9/h6-8,12H,5H2,1-4H3. The van der Waals surface area contributed by atoms with E-state index >= 15 is 0 Å². The molecule has 102 valence electrons. The van der Waals surface area contributed by atoms with Crippen LogP contribution in [0.25, 0.3) is 0 Å². The lowest BCUT2D eigenvalue weighted by atomic mass is 10.3. The molecule has 1 atom stereocenters. The molecule has 1 rings (SSSR count). The molecular weight excluding hydrogens is 256 g/mol. The molecule has 7 heteroatoms. The first kappa shape index (κ1) is 14.7. The maximum atomic E-state index is 12.0. The van der Waals surface area contributed by atoms with E-state index < -0.39 is 16.0 Å². The molecule has 0 saturated heterocycles. The van der Waals surface area contributed by atoms with Crippen molar-refractivity contribution >= 4 is 16.0 Å². The molecule has 1 aromatic rings. The Morgan fingerprint density at radius 1 is 1.56 bits per heavy atom. The van der Waals surface area contributed by atoms with Gasteiger partial charge >= 0.3 is 5.97 Å². The molecule has 0 aliphatic carbocycles. The van der Waals surface area contributed by atoms with E-state index in [2.05, 4.69) is 9.46 Å². The number of sulfonamides is 1. The van der Waals surface area contributed by atoms with Gasteiger partial charge in [0.2, 0.25) is 10.0 Å². The maximum absolute atomic E-state index is 12.0. The molecular formula is C11H18N2O4S. The minimum Gasteiger partial charge on any atom is -0.464 e. The van der Waals surface area contributed by atoms with Crippen LogP contribution in [0, 0.1) is 0 Å². The minimum atomic E-state index is -3.59. The van der Waals surface area contributed by atoms with Crippen LogP contribution in [-0.4, -0.2) is 32.1 Å². The number of nitrogens with zero attached hydrogens (tertiary/aromatic N) is 1. The molecule has 0 aliphatic rings. The SMILES string of the molecule is CCC(C)NS(=O)(=O)c1cc(C(=O)OC)n(C)c1. The van der Waals surface area contributed by atoms with E-state index in [-0.39, 0.29) is 16.6 Å². The zero-order chi connectivity index (χ0) is 13.9. The van der Waals surface area contributed by atoms with Crippen molar-refractivity contribution in [1.82, 2.24) is 9.29 Å². The average molecular weight is 274 g/mol. The highest BCUT2D eigenvalue weighted by Gasteiger charge is 2.21. The van der Waals surface area contributed by atoms with Crippen LogP contribution in [-0.2, 0) is 21.8 Å². The van der Waals surface area contributed by atoms with E-state index in [9.17, 15) is 13.2 Å². The Kier molecular flexibility index (Phi) is 4.53. The second kappa shape index (κ2) is 5.53. The molecule has 1 unspecified atom stereocenters. The van der Waals surface area contributed by atoms with Crippen LogP contribution in [0.3, 0.4) is 0 Å². The number of hydrogen-bond donors (Lipinski definition) is 1. The van der Waals surface area contributed by atoms with Crippen molar-refractivity contribution in [3.05, 3.63) is 18.0 Å². The van der Waals surface area contributed by atoms with Crippen molar-refractivity contribution in [2.24, 2.45) is 7.05 Å². The summed E-state index contributed by atoms with van der Waals surface area (Å²) in [6.07, 6.45) is 2.08. The summed E-state index contributed by atoms with van der Waals surface area (Å²) in [5.74, 6) is -0.567. The molecule has 0 saturated carbocycles. The molecule has 1 aromatic heterocycles. The van der Waals surface area contributed by atoms with Gasteiger partial charge in [-0.2, -0.15) is 0 Å². The van der Waals surface area contributed by atoms with Crippen LogP contribution >= 0.6 is 0 Å². The van der Waals surface area contributed by atoms with E-state index in [0.29, 0.717) is 6.42 Å². The van der Waals surface area contributed by atoms with Crippen molar-refractivity contribution in [3.63, 3.8) is 0 Å². The Morgan fingerprint density at radius 3 is 2.67 bits per heavy atom. The average Bonchev–Trinajstić information content (AvgIpc) is 2.70. The van der Waals surface area contributed by atoms with Gasteiger partial charge in [0.15, 0.2) is 0 Å². The minimum absolute atomic E-state index is 0.0608. The number of ether oxygens (including phenoxy) is 1. The molecule has 1 N–H and O–H groups in total. The summed E-state index contributed by atoms with van der Waals surface area (Å²) < 4.78 is 32.5. The lowest BCUT2D eigenvalue weighted by Crippen LogP contribution is -2.31. The predicted molar refractivity (Wildman–Crippen MR) is 66.8 cm³/mol. The largest absolute Gasteiger partial charge is 0.464 e. The first-order chi connectivity index (χ1) is 8.31. The monoisotopic (exact) mass is 274 g/mol. The number of aryl methyl sites for hydroxylation is 1. The van der Waals surface area contributed by atoms with E-state index in [4.69, 9.17) is 0 Å². The molecule has 0 aliphatic heterocycles. The van der Waals surface area contributed by atoms with Gasteiger partial charge in [0.1, 0.15) is 10.6 Å². The fraction of sp³-hybridized carbons (Fsp3) is 0.545. The predicted octanol–water partition coefficient (Wildman–Crippen LogP) is 0.888. The zero-order valence-corrected chi connectivity index (χ0v) is 11.7. The lowest BCUT2D eigenvalue weighted by molar-refractivity contribution is 0.0590. The summed E-state index contributed by atoms with van der Waals surface area (Å²) in [6.45, 7) is 3.67. The topological polar surface area (TPSA) is 77.4 Å². The molecule has 0 fully saturated rings. The quantitative estimate of drug-likeness (QED) is 0.809. The molecule has 0 bridgehead atoms. The second-order valence-corrected chi connectivity index (χ2v) is 5.81. The summed E-state index contributed by atoms with van der Waals surface area (Å²) in [5, 5.41) is 0. The maximum Gasteiger partial charge on any atom is 0.354 e. The van der Waals surface area contributed by atoms with Gasteiger partial charge in [0.25, 0.3) is 0 Å². The van der Waals surface area contributed by atoms with Crippen LogP contribution in [0.1, 0.15) is 30.8 Å². The summed E-state index contributed by atoms with van der Waals surface area (Å²) >= 11 is 0. The normalized spacial score (nSPS) is 13.3. The molecule has 0 radical (unpaired) electrons. The molecule has 1 heterocycles. The van der Waals surface area contributed by atoms with Crippen LogP contribution < -0.4 is 4.72 Å². The molecule has 0 amide bonds. The number of aromatic nitrogens is 1. The molecule has 6 nitrogen and oxygen atoms in total.